The zero-order chi connectivity index (χ0) is 9.42. The van der Waals surface area contributed by atoms with Crippen LogP contribution in [0, 0.1) is 10.1 Å². The molecule has 2 aliphatic heterocycles. The Morgan fingerprint density at radius 1 is 1.38 bits per heavy atom. The molecule has 2 fully saturated rings. The Labute approximate surface area is 73.3 Å². The van der Waals surface area contributed by atoms with Gasteiger partial charge in [-0.15, -0.1) is 10.1 Å². The van der Waals surface area contributed by atoms with Gasteiger partial charge in [-0.1, -0.05) is 0 Å². The summed E-state index contributed by atoms with van der Waals surface area (Å²) in [6.45, 7) is 0.236. The molecule has 74 valence electrons. The Bertz CT molecular complexity index is 221. The van der Waals surface area contributed by atoms with Gasteiger partial charge in [0, 0.05) is 0 Å². The minimum Gasteiger partial charge on any atom is -0.388 e. The zero-order valence-electron chi connectivity index (χ0n) is 6.66. The highest BCUT2D eigenvalue weighted by Crippen LogP contribution is 2.28. The van der Waals surface area contributed by atoms with Crippen molar-refractivity contribution in [2.75, 3.05) is 13.2 Å². The zero-order valence-corrected chi connectivity index (χ0v) is 6.66. The minimum atomic E-state index is -0.871. The second-order valence-electron chi connectivity index (χ2n) is 3.03. The number of hydrogen-bond donors (Lipinski definition) is 1. The van der Waals surface area contributed by atoms with E-state index in [2.05, 4.69) is 4.84 Å². The number of nitrogens with zero attached hydrogens (tertiary/aromatic N) is 1. The van der Waals surface area contributed by atoms with Crippen LogP contribution in [-0.2, 0) is 14.3 Å². The molecule has 0 aromatic rings. The van der Waals surface area contributed by atoms with Crippen molar-refractivity contribution in [1.82, 2.24) is 0 Å². The summed E-state index contributed by atoms with van der Waals surface area (Å²) in [6, 6.07) is 0. The maximum Gasteiger partial charge on any atom is 0.294 e. The average molecular weight is 191 g/mol. The third-order valence-electron chi connectivity index (χ3n) is 2.20. The second-order valence-corrected chi connectivity index (χ2v) is 3.03. The van der Waals surface area contributed by atoms with E-state index < -0.39 is 29.5 Å². The van der Waals surface area contributed by atoms with Crippen molar-refractivity contribution in [3.63, 3.8) is 0 Å². The molecule has 7 heteroatoms. The molecule has 2 heterocycles. The summed E-state index contributed by atoms with van der Waals surface area (Å²) >= 11 is 0. The van der Waals surface area contributed by atoms with Crippen molar-refractivity contribution in [1.29, 1.82) is 0 Å². The van der Waals surface area contributed by atoms with Crippen molar-refractivity contribution >= 4 is 0 Å². The van der Waals surface area contributed by atoms with Gasteiger partial charge in [0.25, 0.3) is 5.09 Å². The molecule has 0 aromatic carbocycles. The van der Waals surface area contributed by atoms with Crippen LogP contribution in [0.25, 0.3) is 0 Å². The van der Waals surface area contributed by atoms with E-state index in [-0.39, 0.29) is 13.2 Å². The molecule has 0 aliphatic carbocycles. The van der Waals surface area contributed by atoms with E-state index in [1.54, 1.807) is 0 Å². The molecular weight excluding hydrogens is 182 g/mol. The van der Waals surface area contributed by atoms with Gasteiger partial charge in [0.05, 0.1) is 13.2 Å². The molecule has 0 bridgehead atoms. The van der Waals surface area contributed by atoms with Crippen LogP contribution in [0.5, 0.6) is 0 Å². The molecule has 0 radical (unpaired) electrons. The first-order chi connectivity index (χ1) is 6.18. The number of aliphatic hydroxyl groups excluding tert-OH is 1. The first-order valence-corrected chi connectivity index (χ1v) is 3.91. The van der Waals surface area contributed by atoms with E-state index in [9.17, 15) is 15.2 Å². The van der Waals surface area contributed by atoms with Crippen LogP contribution in [0.1, 0.15) is 0 Å². The van der Waals surface area contributed by atoms with Gasteiger partial charge in [-0.2, -0.15) is 0 Å². The Morgan fingerprint density at radius 3 is 2.77 bits per heavy atom. The highest BCUT2D eigenvalue weighted by atomic mass is 17.0. The maximum absolute atomic E-state index is 10.0. The summed E-state index contributed by atoms with van der Waals surface area (Å²) in [6.07, 6.45) is -2.41. The fourth-order valence-corrected chi connectivity index (χ4v) is 1.64. The SMILES string of the molecule is O=[N+]([O-])O[C@@H]1CO[C@H]2[C@@H]1OC[C@H]2O. The molecule has 0 unspecified atom stereocenters. The molecule has 2 rings (SSSR count). The lowest BCUT2D eigenvalue weighted by atomic mass is 10.1. The molecule has 0 amide bonds. The lowest BCUT2D eigenvalue weighted by molar-refractivity contribution is -0.769. The molecule has 1 N–H and O–H groups in total. The quantitative estimate of drug-likeness (QED) is 0.432. The van der Waals surface area contributed by atoms with Crippen LogP contribution < -0.4 is 0 Å². The molecule has 0 spiro atoms. The maximum atomic E-state index is 10.0. The molecule has 0 saturated carbocycles. The van der Waals surface area contributed by atoms with Gasteiger partial charge in [-0.25, -0.2) is 0 Å². The van der Waals surface area contributed by atoms with Crippen molar-refractivity contribution in [2.24, 2.45) is 0 Å². The van der Waals surface area contributed by atoms with E-state index in [4.69, 9.17) is 9.47 Å². The van der Waals surface area contributed by atoms with Crippen molar-refractivity contribution in [2.45, 2.75) is 24.4 Å². The van der Waals surface area contributed by atoms with E-state index in [0.717, 1.165) is 0 Å². The van der Waals surface area contributed by atoms with E-state index in [0.29, 0.717) is 0 Å². The van der Waals surface area contributed by atoms with Crippen LogP contribution >= 0.6 is 0 Å². The largest absolute Gasteiger partial charge is 0.388 e. The number of ether oxygens (including phenoxy) is 2. The van der Waals surface area contributed by atoms with E-state index in [1.165, 1.54) is 0 Å². The fraction of sp³-hybridized carbons (Fsp3) is 1.00. The van der Waals surface area contributed by atoms with Gasteiger partial charge >= 0.3 is 0 Å². The molecule has 7 nitrogen and oxygen atoms in total. The minimum absolute atomic E-state index is 0.0906. The smallest absolute Gasteiger partial charge is 0.294 e. The van der Waals surface area contributed by atoms with Crippen LogP contribution in [-0.4, -0.2) is 47.8 Å². The van der Waals surface area contributed by atoms with Gasteiger partial charge in [-0.05, 0) is 0 Å². The summed E-state index contributed by atoms with van der Waals surface area (Å²) in [4.78, 5) is 14.4. The summed E-state index contributed by atoms with van der Waals surface area (Å²) in [7, 11) is 0. The first-order valence-electron chi connectivity index (χ1n) is 3.91. The lowest BCUT2D eigenvalue weighted by Gasteiger charge is -2.12. The highest BCUT2D eigenvalue weighted by molar-refractivity contribution is 4.94. The predicted molar refractivity (Wildman–Crippen MR) is 37.4 cm³/mol. The standard InChI is InChI=1S/C6H9NO6/c8-3-1-11-6-4(13-7(9)10)2-12-5(3)6/h3-6,8H,1-2H2/t3-,4-,5-,6-/m1/s1. The van der Waals surface area contributed by atoms with Crippen molar-refractivity contribution < 1.29 is 24.5 Å². The molecular formula is C6H9NO6. The van der Waals surface area contributed by atoms with Gasteiger partial charge in [0.2, 0.25) is 0 Å². The van der Waals surface area contributed by atoms with Gasteiger partial charge in [0.15, 0.2) is 6.10 Å². The molecule has 0 aromatic heterocycles. The molecule has 13 heavy (non-hydrogen) atoms. The van der Waals surface area contributed by atoms with Gasteiger partial charge in [-0.3, -0.25) is 0 Å². The number of fused-ring (bicyclic) bond motifs is 1. The third kappa shape index (κ3) is 1.45. The summed E-state index contributed by atoms with van der Waals surface area (Å²) < 4.78 is 10.2. The van der Waals surface area contributed by atoms with Crippen LogP contribution in [0.2, 0.25) is 0 Å². The Hall–Kier alpha value is -0.920. The highest BCUT2D eigenvalue weighted by Gasteiger charge is 2.48. The topological polar surface area (TPSA) is 91.1 Å². The average Bonchev–Trinajstić information content (AvgIpc) is 2.56. The predicted octanol–water partition coefficient (Wildman–Crippen LogP) is -1.28. The Morgan fingerprint density at radius 2 is 2.08 bits per heavy atom. The van der Waals surface area contributed by atoms with Crippen LogP contribution in [0.15, 0.2) is 0 Å². The van der Waals surface area contributed by atoms with Crippen molar-refractivity contribution in [3.8, 4) is 0 Å². The van der Waals surface area contributed by atoms with Gasteiger partial charge < -0.3 is 19.4 Å². The summed E-state index contributed by atoms with van der Waals surface area (Å²) in [5, 5.41) is 18.4. The first kappa shape index (κ1) is 8.67. The number of hydrogen-bond acceptors (Lipinski definition) is 6. The Kier molecular flexibility index (Phi) is 2.06. The van der Waals surface area contributed by atoms with Crippen LogP contribution in [0.3, 0.4) is 0 Å². The fourth-order valence-electron chi connectivity index (χ4n) is 1.64. The summed E-state index contributed by atoms with van der Waals surface area (Å²) in [5.41, 5.74) is 0. The number of rotatable bonds is 2. The number of aliphatic hydroxyl groups is 1. The van der Waals surface area contributed by atoms with E-state index in [1.807, 2.05) is 0 Å². The van der Waals surface area contributed by atoms with E-state index >= 15 is 0 Å². The van der Waals surface area contributed by atoms with Crippen LogP contribution in [0.4, 0.5) is 0 Å². The Balaban J connectivity index is 1.98. The lowest BCUT2D eigenvalue weighted by Crippen LogP contribution is -2.33. The summed E-state index contributed by atoms with van der Waals surface area (Å²) in [5.74, 6) is 0. The third-order valence-corrected chi connectivity index (χ3v) is 2.20. The normalized spacial score (nSPS) is 43.2. The molecule has 4 atom stereocenters. The second kappa shape index (κ2) is 3.09. The molecule has 2 saturated heterocycles. The monoisotopic (exact) mass is 191 g/mol. The van der Waals surface area contributed by atoms with Crippen molar-refractivity contribution in [3.05, 3.63) is 10.1 Å². The molecule has 2 aliphatic rings. The van der Waals surface area contributed by atoms with Gasteiger partial charge in [0.1, 0.15) is 18.3 Å².